The van der Waals surface area contributed by atoms with Crippen LogP contribution in [0.15, 0.2) is 18.3 Å². The van der Waals surface area contributed by atoms with E-state index in [0.29, 0.717) is 12.5 Å². The molecule has 0 unspecified atom stereocenters. The van der Waals surface area contributed by atoms with Crippen LogP contribution in [0.5, 0.6) is 5.88 Å². The summed E-state index contributed by atoms with van der Waals surface area (Å²) in [6.45, 7) is 0.640. The molecule has 2 heterocycles. The fourth-order valence-corrected chi connectivity index (χ4v) is 1.12. The van der Waals surface area contributed by atoms with Gasteiger partial charge in [0.2, 0.25) is 0 Å². The number of pyridine rings is 1. The van der Waals surface area contributed by atoms with Crippen molar-refractivity contribution in [1.29, 1.82) is 0 Å². The van der Waals surface area contributed by atoms with Crippen molar-refractivity contribution in [3.63, 3.8) is 0 Å². The number of ether oxygens (including phenoxy) is 1. The second-order valence-corrected chi connectivity index (χ2v) is 2.26. The van der Waals surface area contributed by atoms with Crippen molar-refractivity contribution >= 4 is 0 Å². The van der Waals surface area contributed by atoms with Gasteiger partial charge in [-0.3, -0.25) is 0 Å². The van der Waals surface area contributed by atoms with Crippen LogP contribution < -0.4 is 9.47 Å². The fraction of sp³-hybridized carbons (Fsp3) is 0.286. The summed E-state index contributed by atoms with van der Waals surface area (Å²) in [6.07, 6.45) is 2.31. The van der Waals surface area contributed by atoms with E-state index in [-0.39, 0.29) is 0 Å². The van der Waals surface area contributed by atoms with Crippen LogP contribution in [0.3, 0.4) is 0 Å². The first-order valence-electron chi connectivity index (χ1n) is 3.22. The van der Waals surface area contributed by atoms with Crippen molar-refractivity contribution < 1.29 is 9.47 Å². The summed E-state index contributed by atoms with van der Waals surface area (Å²) in [5.41, 5.74) is 1.01. The smallest absolute Gasteiger partial charge is 0.382 e. The van der Waals surface area contributed by atoms with E-state index in [2.05, 4.69) is 0 Å². The minimum atomic E-state index is 0.475. The van der Waals surface area contributed by atoms with Crippen LogP contribution >= 0.6 is 0 Å². The zero-order valence-corrected chi connectivity index (χ0v) is 5.41. The summed E-state index contributed by atoms with van der Waals surface area (Å²) >= 11 is 0. The Morgan fingerprint density at radius 2 is 2.50 bits per heavy atom. The molecule has 3 heteroatoms. The van der Waals surface area contributed by atoms with Crippen molar-refractivity contribution in [3.8, 4) is 5.88 Å². The molecule has 3 nitrogen and oxygen atoms in total. The maximum absolute atomic E-state index is 10.9. The molecule has 52 valence electrons. The minimum Gasteiger partial charge on any atom is -0.616 e. The number of aromatic nitrogens is 1. The topological polar surface area (TPSA) is 36.2 Å². The zero-order valence-electron chi connectivity index (χ0n) is 5.41. The van der Waals surface area contributed by atoms with Gasteiger partial charge in [-0.25, -0.2) is 0 Å². The Balaban J connectivity index is 2.59. The predicted molar refractivity (Wildman–Crippen MR) is 34.6 cm³/mol. The Labute approximate surface area is 58.4 Å². The lowest BCUT2D eigenvalue weighted by molar-refractivity contribution is -0.611. The molecule has 0 N–H and O–H groups in total. The Morgan fingerprint density at radius 3 is 3.30 bits per heavy atom. The van der Waals surface area contributed by atoms with Crippen molar-refractivity contribution in [3.05, 3.63) is 29.1 Å². The van der Waals surface area contributed by atoms with Crippen molar-refractivity contribution in [2.45, 2.75) is 6.42 Å². The van der Waals surface area contributed by atoms with Crippen LogP contribution in [0.25, 0.3) is 0 Å². The average molecular weight is 137 g/mol. The highest BCUT2D eigenvalue weighted by molar-refractivity contribution is 5.24. The highest BCUT2D eigenvalue weighted by Crippen LogP contribution is 2.18. The summed E-state index contributed by atoms with van der Waals surface area (Å²) in [5.74, 6) is 0.475. The van der Waals surface area contributed by atoms with Gasteiger partial charge in [0.15, 0.2) is 6.20 Å². The van der Waals surface area contributed by atoms with Gasteiger partial charge in [0.05, 0.1) is 12.2 Å². The maximum Gasteiger partial charge on any atom is 0.382 e. The molecular formula is C7H7NO2. The lowest BCUT2D eigenvalue weighted by Gasteiger charge is -1.98. The summed E-state index contributed by atoms with van der Waals surface area (Å²) < 4.78 is 5.85. The molecule has 0 atom stereocenters. The molecule has 1 aromatic heterocycles. The Morgan fingerprint density at radius 1 is 1.60 bits per heavy atom. The molecule has 0 radical (unpaired) electrons. The Kier molecular flexibility index (Phi) is 1.03. The molecule has 1 aromatic rings. The summed E-state index contributed by atoms with van der Waals surface area (Å²) in [7, 11) is 0. The predicted octanol–water partition coefficient (Wildman–Crippen LogP) is 0.255. The van der Waals surface area contributed by atoms with Crippen LogP contribution in [-0.2, 0) is 6.42 Å². The second-order valence-electron chi connectivity index (χ2n) is 2.26. The van der Waals surface area contributed by atoms with E-state index in [4.69, 9.17) is 4.74 Å². The van der Waals surface area contributed by atoms with E-state index in [0.717, 1.165) is 16.7 Å². The molecule has 1 aliphatic heterocycles. The largest absolute Gasteiger partial charge is 0.616 e. The number of fused-ring (bicyclic) bond motifs is 1. The molecule has 0 fully saturated rings. The molecule has 0 saturated carbocycles. The fourth-order valence-electron chi connectivity index (χ4n) is 1.12. The van der Waals surface area contributed by atoms with Crippen LogP contribution in [0.1, 0.15) is 5.56 Å². The lowest BCUT2D eigenvalue weighted by Crippen LogP contribution is -2.26. The van der Waals surface area contributed by atoms with Gasteiger partial charge < -0.3 is 9.94 Å². The van der Waals surface area contributed by atoms with Crippen LogP contribution in [0, 0.1) is 5.21 Å². The average Bonchev–Trinajstić information content (AvgIpc) is 2.36. The van der Waals surface area contributed by atoms with Crippen molar-refractivity contribution in [2.75, 3.05) is 6.61 Å². The Bertz CT molecular complexity index is 260. The molecule has 10 heavy (non-hydrogen) atoms. The van der Waals surface area contributed by atoms with Gasteiger partial charge in [-0.1, -0.05) is 0 Å². The van der Waals surface area contributed by atoms with E-state index in [1.54, 1.807) is 6.07 Å². The monoisotopic (exact) mass is 137 g/mol. The van der Waals surface area contributed by atoms with E-state index in [9.17, 15) is 5.21 Å². The van der Waals surface area contributed by atoms with Gasteiger partial charge >= 0.3 is 5.88 Å². The number of rotatable bonds is 0. The molecule has 0 saturated heterocycles. The van der Waals surface area contributed by atoms with Gasteiger partial charge in [-0.05, 0) is 6.07 Å². The zero-order chi connectivity index (χ0) is 6.97. The molecule has 0 amide bonds. The van der Waals surface area contributed by atoms with E-state index < -0.39 is 0 Å². The third kappa shape index (κ3) is 0.635. The van der Waals surface area contributed by atoms with Crippen molar-refractivity contribution in [1.82, 2.24) is 0 Å². The third-order valence-electron chi connectivity index (χ3n) is 1.60. The number of nitrogens with zero attached hydrogens (tertiary/aromatic N) is 1. The quantitative estimate of drug-likeness (QED) is 0.379. The summed E-state index contributed by atoms with van der Waals surface area (Å²) in [4.78, 5) is 0. The standard InChI is InChI=1S/C7H7NO2/c9-8-4-1-2-6-3-5-10-7(6)8/h1-2,4H,3,5H2. The molecule has 0 spiro atoms. The van der Waals surface area contributed by atoms with Gasteiger partial charge in [0.25, 0.3) is 0 Å². The van der Waals surface area contributed by atoms with E-state index in [1.165, 1.54) is 6.20 Å². The first-order valence-corrected chi connectivity index (χ1v) is 3.22. The van der Waals surface area contributed by atoms with Gasteiger partial charge in [-0.2, -0.15) is 0 Å². The first-order chi connectivity index (χ1) is 4.88. The van der Waals surface area contributed by atoms with E-state index in [1.807, 2.05) is 6.07 Å². The van der Waals surface area contributed by atoms with E-state index >= 15 is 0 Å². The molecule has 1 aliphatic rings. The number of hydrogen-bond donors (Lipinski definition) is 0. The molecule has 0 bridgehead atoms. The third-order valence-corrected chi connectivity index (χ3v) is 1.60. The van der Waals surface area contributed by atoms with Crippen LogP contribution in [-0.4, -0.2) is 6.61 Å². The molecular weight excluding hydrogens is 130 g/mol. The highest BCUT2D eigenvalue weighted by Gasteiger charge is 2.19. The highest BCUT2D eigenvalue weighted by atomic mass is 16.6. The van der Waals surface area contributed by atoms with Crippen LogP contribution in [0.2, 0.25) is 0 Å². The molecule has 2 rings (SSSR count). The summed E-state index contributed by atoms with van der Waals surface area (Å²) in [6, 6.07) is 3.65. The van der Waals surface area contributed by atoms with Crippen molar-refractivity contribution in [2.24, 2.45) is 0 Å². The first kappa shape index (κ1) is 5.53. The second kappa shape index (κ2) is 1.87. The maximum atomic E-state index is 10.9. The molecule has 0 aromatic carbocycles. The summed E-state index contributed by atoms with van der Waals surface area (Å²) in [5, 5.41) is 10.9. The lowest BCUT2D eigenvalue weighted by atomic mass is 10.2. The minimum absolute atomic E-state index is 0.475. The molecule has 0 aliphatic carbocycles. The van der Waals surface area contributed by atoms with Gasteiger partial charge in [-0.15, -0.1) is 4.73 Å². The van der Waals surface area contributed by atoms with Gasteiger partial charge in [0.1, 0.15) is 0 Å². The van der Waals surface area contributed by atoms with Crippen LogP contribution in [0.4, 0.5) is 0 Å². The SMILES string of the molecule is [O-][n+]1cccc2c1OCC2. The van der Waals surface area contributed by atoms with Gasteiger partial charge in [0, 0.05) is 12.5 Å². The normalized spacial score (nSPS) is 14.4. The Hall–Kier alpha value is -1.25. The number of hydrogen-bond acceptors (Lipinski definition) is 2.